The zero-order valence-corrected chi connectivity index (χ0v) is 11.3. The van der Waals surface area contributed by atoms with Gasteiger partial charge >= 0.3 is 5.97 Å². The number of hydrogen-bond donors (Lipinski definition) is 3. The lowest BCUT2D eigenvalue weighted by Crippen LogP contribution is -2.14. The summed E-state index contributed by atoms with van der Waals surface area (Å²) in [6.45, 7) is 0. The number of nitrogen functional groups attached to an aromatic ring is 1. The molecule has 0 aromatic heterocycles. The fourth-order valence-electron chi connectivity index (χ4n) is 1.69. The minimum Gasteiger partial charge on any atom is -0.478 e. The SMILES string of the molecule is Nc1ccc(F)cc1C(=O)Nc1ccc(C(=O)O)c(Cl)c1. The van der Waals surface area contributed by atoms with Gasteiger partial charge in [-0.05, 0) is 36.4 Å². The number of aromatic carboxylic acids is 1. The molecule has 0 fully saturated rings. The van der Waals surface area contributed by atoms with Crippen molar-refractivity contribution in [3.05, 3.63) is 58.4 Å². The van der Waals surface area contributed by atoms with Gasteiger partial charge in [-0.3, -0.25) is 4.79 Å². The Bertz CT molecular complexity index is 734. The molecule has 0 bridgehead atoms. The molecule has 0 atom stereocenters. The molecule has 0 saturated carbocycles. The van der Waals surface area contributed by atoms with Crippen molar-refractivity contribution in [1.82, 2.24) is 0 Å². The first-order chi connectivity index (χ1) is 9.88. The summed E-state index contributed by atoms with van der Waals surface area (Å²) in [6, 6.07) is 7.36. The number of nitrogens with two attached hydrogens (primary N) is 1. The second-order valence-electron chi connectivity index (χ2n) is 4.19. The van der Waals surface area contributed by atoms with Crippen LogP contribution < -0.4 is 11.1 Å². The maximum Gasteiger partial charge on any atom is 0.337 e. The molecule has 5 nitrogen and oxygen atoms in total. The third-order valence-electron chi connectivity index (χ3n) is 2.72. The average Bonchev–Trinajstić information content (AvgIpc) is 2.41. The van der Waals surface area contributed by atoms with Crippen LogP contribution in [-0.4, -0.2) is 17.0 Å². The third kappa shape index (κ3) is 3.29. The number of anilines is 2. The molecule has 2 aromatic carbocycles. The Hall–Kier alpha value is -2.60. The molecule has 2 rings (SSSR count). The second-order valence-corrected chi connectivity index (χ2v) is 4.59. The number of carboxylic acid groups (broad SMARTS) is 1. The molecule has 0 aliphatic carbocycles. The number of rotatable bonds is 3. The zero-order chi connectivity index (χ0) is 15.6. The highest BCUT2D eigenvalue weighted by molar-refractivity contribution is 6.33. The van der Waals surface area contributed by atoms with Crippen LogP contribution in [0.15, 0.2) is 36.4 Å². The molecule has 21 heavy (non-hydrogen) atoms. The lowest BCUT2D eigenvalue weighted by Gasteiger charge is -2.09. The average molecular weight is 309 g/mol. The van der Waals surface area contributed by atoms with Crippen LogP contribution in [0.3, 0.4) is 0 Å². The predicted molar refractivity (Wildman–Crippen MR) is 77.2 cm³/mol. The summed E-state index contributed by atoms with van der Waals surface area (Å²) in [5.74, 6) is -2.38. The highest BCUT2D eigenvalue weighted by atomic mass is 35.5. The Morgan fingerprint density at radius 1 is 1.14 bits per heavy atom. The van der Waals surface area contributed by atoms with E-state index in [0.717, 1.165) is 12.1 Å². The van der Waals surface area contributed by atoms with E-state index in [4.69, 9.17) is 22.4 Å². The lowest BCUT2D eigenvalue weighted by molar-refractivity contribution is 0.0697. The highest BCUT2D eigenvalue weighted by Crippen LogP contribution is 2.22. The van der Waals surface area contributed by atoms with Crippen molar-refractivity contribution in [2.24, 2.45) is 0 Å². The van der Waals surface area contributed by atoms with Gasteiger partial charge in [-0.2, -0.15) is 0 Å². The van der Waals surface area contributed by atoms with E-state index in [1.807, 2.05) is 0 Å². The largest absolute Gasteiger partial charge is 0.478 e. The Morgan fingerprint density at radius 3 is 2.48 bits per heavy atom. The van der Waals surface area contributed by atoms with Crippen molar-refractivity contribution < 1.29 is 19.1 Å². The zero-order valence-electron chi connectivity index (χ0n) is 10.6. The summed E-state index contributed by atoms with van der Waals surface area (Å²) >= 11 is 5.79. The number of halogens is 2. The molecule has 0 spiro atoms. The minimum absolute atomic E-state index is 0.0200. The van der Waals surface area contributed by atoms with E-state index in [1.165, 1.54) is 24.3 Å². The first-order valence-corrected chi connectivity index (χ1v) is 6.15. The minimum atomic E-state index is -1.17. The molecule has 0 unspecified atom stereocenters. The van der Waals surface area contributed by atoms with Gasteiger partial charge in [0.05, 0.1) is 16.1 Å². The summed E-state index contributed by atoms with van der Waals surface area (Å²) in [5, 5.41) is 11.3. The number of carboxylic acids is 1. The second kappa shape index (κ2) is 5.80. The number of hydrogen-bond acceptors (Lipinski definition) is 3. The topological polar surface area (TPSA) is 92.4 Å². The van der Waals surface area contributed by atoms with E-state index >= 15 is 0 Å². The monoisotopic (exact) mass is 308 g/mol. The number of carbonyl (C=O) groups is 2. The van der Waals surface area contributed by atoms with Crippen molar-refractivity contribution in [3.8, 4) is 0 Å². The summed E-state index contributed by atoms with van der Waals surface area (Å²) in [7, 11) is 0. The van der Waals surface area contributed by atoms with Crippen molar-refractivity contribution in [1.29, 1.82) is 0 Å². The number of benzene rings is 2. The van der Waals surface area contributed by atoms with Gasteiger partial charge in [0.2, 0.25) is 0 Å². The van der Waals surface area contributed by atoms with E-state index in [0.29, 0.717) is 0 Å². The quantitative estimate of drug-likeness (QED) is 0.760. The third-order valence-corrected chi connectivity index (χ3v) is 3.03. The highest BCUT2D eigenvalue weighted by Gasteiger charge is 2.13. The summed E-state index contributed by atoms with van der Waals surface area (Å²) < 4.78 is 13.1. The number of amides is 1. The van der Waals surface area contributed by atoms with Crippen molar-refractivity contribution >= 4 is 34.9 Å². The van der Waals surface area contributed by atoms with Gasteiger partial charge in [-0.15, -0.1) is 0 Å². The van der Waals surface area contributed by atoms with Gasteiger partial charge in [0.1, 0.15) is 5.82 Å². The van der Waals surface area contributed by atoms with Crippen LogP contribution in [0.5, 0.6) is 0 Å². The van der Waals surface area contributed by atoms with Crippen molar-refractivity contribution in [2.75, 3.05) is 11.1 Å². The Kier molecular flexibility index (Phi) is 4.09. The van der Waals surface area contributed by atoms with Crippen LogP contribution in [-0.2, 0) is 0 Å². The molecular weight excluding hydrogens is 299 g/mol. The molecule has 0 heterocycles. The van der Waals surface area contributed by atoms with Gasteiger partial charge in [0.25, 0.3) is 5.91 Å². The summed E-state index contributed by atoms with van der Waals surface area (Å²) in [5.41, 5.74) is 5.91. The van der Waals surface area contributed by atoms with E-state index in [1.54, 1.807) is 0 Å². The van der Waals surface area contributed by atoms with Crippen LogP contribution in [0.4, 0.5) is 15.8 Å². The van der Waals surface area contributed by atoms with E-state index in [2.05, 4.69) is 5.32 Å². The van der Waals surface area contributed by atoms with Crippen LogP contribution in [0.1, 0.15) is 20.7 Å². The fraction of sp³-hybridized carbons (Fsp3) is 0. The van der Waals surface area contributed by atoms with Gasteiger partial charge in [-0.1, -0.05) is 11.6 Å². The maximum atomic E-state index is 13.1. The Morgan fingerprint density at radius 2 is 1.86 bits per heavy atom. The molecule has 7 heteroatoms. The normalized spacial score (nSPS) is 10.2. The van der Waals surface area contributed by atoms with E-state index in [9.17, 15) is 14.0 Å². The number of carbonyl (C=O) groups excluding carboxylic acids is 1. The van der Waals surface area contributed by atoms with Crippen LogP contribution in [0.25, 0.3) is 0 Å². The first kappa shape index (κ1) is 14.8. The Labute approximate surface area is 124 Å². The summed E-state index contributed by atoms with van der Waals surface area (Å²) in [4.78, 5) is 22.8. The van der Waals surface area contributed by atoms with Crippen LogP contribution >= 0.6 is 11.6 Å². The maximum absolute atomic E-state index is 13.1. The van der Waals surface area contributed by atoms with E-state index < -0.39 is 17.7 Å². The molecule has 0 aliphatic rings. The standard InChI is InChI=1S/C14H10ClFN2O3/c15-11-6-8(2-3-9(11)14(20)21)18-13(19)10-5-7(16)1-4-12(10)17/h1-6H,17H2,(H,18,19)(H,20,21). The van der Waals surface area contributed by atoms with Gasteiger partial charge in [0.15, 0.2) is 0 Å². The van der Waals surface area contributed by atoms with Gasteiger partial charge < -0.3 is 16.2 Å². The molecular formula is C14H10ClFN2O3. The molecule has 0 aliphatic heterocycles. The van der Waals surface area contributed by atoms with Crippen LogP contribution in [0, 0.1) is 5.82 Å². The van der Waals surface area contributed by atoms with Crippen LogP contribution in [0.2, 0.25) is 5.02 Å². The van der Waals surface area contributed by atoms with Gasteiger partial charge in [0, 0.05) is 11.4 Å². The molecule has 1 amide bonds. The van der Waals surface area contributed by atoms with Gasteiger partial charge in [-0.25, -0.2) is 9.18 Å². The Balaban J connectivity index is 2.26. The van der Waals surface area contributed by atoms with E-state index in [-0.39, 0.29) is 27.5 Å². The molecule has 0 radical (unpaired) electrons. The lowest BCUT2D eigenvalue weighted by atomic mass is 10.1. The smallest absolute Gasteiger partial charge is 0.337 e. The molecule has 0 saturated heterocycles. The van der Waals surface area contributed by atoms with Crippen molar-refractivity contribution in [2.45, 2.75) is 0 Å². The molecule has 4 N–H and O–H groups in total. The van der Waals surface area contributed by atoms with Crippen molar-refractivity contribution in [3.63, 3.8) is 0 Å². The molecule has 2 aromatic rings. The predicted octanol–water partition coefficient (Wildman–Crippen LogP) is 3.01. The summed E-state index contributed by atoms with van der Waals surface area (Å²) in [6.07, 6.45) is 0. The molecule has 108 valence electrons. The number of nitrogens with one attached hydrogen (secondary N) is 1. The fourth-order valence-corrected chi connectivity index (χ4v) is 1.95. The first-order valence-electron chi connectivity index (χ1n) is 5.77.